The van der Waals surface area contributed by atoms with Gasteiger partial charge in [0.25, 0.3) is 0 Å². The van der Waals surface area contributed by atoms with E-state index in [9.17, 15) is 14.7 Å². The summed E-state index contributed by atoms with van der Waals surface area (Å²) < 4.78 is 5.54. The first-order valence-corrected chi connectivity index (χ1v) is 8.31. The van der Waals surface area contributed by atoms with Crippen LogP contribution in [-0.4, -0.2) is 46.7 Å². The molecule has 0 bridgehead atoms. The molecule has 2 heterocycles. The molecule has 1 aromatic carbocycles. The van der Waals surface area contributed by atoms with E-state index in [2.05, 4.69) is 0 Å². The lowest BCUT2D eigenvalue weighted by Gasteiger charge is -2.35. The summed E-state index contributed by atoms with van der Waals surface area (Å²) >= 11 is 0. The Morgan fingerprint density at radius 1 is 1.26 bits per heavy atom. The molecule has 0 aromatic heterocycles. The number of hydrogen-bond acceptors (Lipinski definition) is 3. The van der Waals surface area contributed by atoms with Gasteiger partial charge in [0, 0.05) is 19.6 Å². The minimum Gasteiger partial charge on any atom is -0.479 e. The number of carbonyl (C=O) groups is 2. The molecule has 1 aromatic rings. The summed E-state index contributed by atoms with van der Waals surface area (Å²) in [6.45, 7) is 1.22. The highest BCUT2D eigenvalue weighted by Gasteiger charge is 2.50. The first kappa shape index (κ1) is 16.0. The average Bonchev–Trinajstić information content (AvgIpc) is 3.18. The van der Waals surface area contributed by atoms with Gasteiger partial charge in [0.1, 0.15) is 5.54 Å². The van der Waals surface area contributed by atoms with Crippen LogP contribution >= 0.6 is 0 Å². The third-order valence-electron chi connectivity index (χ3n) is 4.95. The lowest BCUT2D eigenvalue weighted by molar-refractivity contribution is -0.157. The molecular weight excluding hydrogens is 294 g/mol. The van der Waals surface area contributed by atoms with Gasteiger partial charge < -0.3 is 14.7 Å². The average molecular weight is 317 g/mol. The zero-order valence-corrected chi connectivity index (χ0v) is 13.2. The number of carboxylic acids is 1. The quantitative estimate of drug-likeness (QED) is 0.904. The Bertz CT molecular complexity index is 568. The van der Waals surface area contributed by atoms with Crippen molar-refractivity contribution in [1.82, 2.24) is 4.90 Å². The smallest absolute Gasteiger partial charge is 0.329 e. The largest absolute Gasteiger partial charge is 0.479 e. The summed E-state index contributed by atoms with van der Waals surface area (Å²) in [7, 11) is 0. The maximum absolute atomic E-state index is 12.7. The summed E-state index contributed by atoms with van der Waals surface area (Å²) in [4.78, 5) is 26.3. The molecule has 0 unspecified atom stereocenters. The van der Waals surface area contributed by atoms with Gasteiger partial charge in [-0.2, -0.15) is 0 Å². The molecule has 0 spiro atoms. The molecule has 5 heteroatoms. The summed E-state index contributed by atoms with van der Waals surface area (Å²) in [5.41, 5.74) is -0.163. The minimum atomic E-state index is -1.11. The first-order chi connectivity index (χ1) is 11.1. The number of likely N-dealkylation sites (tertiary alicyclic amines) is 1. The van der Waals surface area contributed by atoms with E-state index in [-0.39, 0.29) is 12.0 Å². The molecule has 124 valence electrons. The molecule has 0 aliphatic carbocycles. The van der Waals surface area contributed by atoms with Gasteiger partial charge in [-0.15, -0.1) is 0 Å². The number of rotatable bonds is 5. The summed E-state index contributed by atoms with van der Waals surface area (Å²) in [5.74, 6) is -0.993. The number of carbonyl (C=O) groups excluding carboxylic acids is 1. The summed E-state index contributed by atoms with van der Waals surface area (Å²) in [6, 6.07) is 9.56. The van der Waals surface area contributed by atoms with Crippen LogP contribution in [0.1, 0.15) is 37.7 Å². The van der Waals surface area contributed by atoms with E-state index < -0.39 is 11.5 Å². The lowest BCUT2D eigenvalue weighted by Crippen LogP contribution is -2.55. The van der Waals surface area contributed by atoms with E-state index in [4.69, 9.17) is 4.74 Å². The number of amides is 1. The molecule has 0 saturated carbocycles. The maximum Gasteiger partial charge on any atom is 0.329 e. The van der Waals surface area contributed by atoms with E-state index in [0.29, 0.717) is 32.4 Å². The molecule has 2 aliphatic rings. The van der Waals surface area contributed by atoms with E-state index in [1.165, 1.54) is 0 Å². The predicted molar refractivity (Wildman–Crippen MR) is 85.1 cm³/mol. The first-order valence-electron chi connectivity index (χ1n) is 8.31. The maximum atomic E-state index is 12.7. The second kappa shape index (κ2) is 6.71. The molecule has 1 amide bonds. The van der Waals surface area contributed by atoms with Crippen molar-refractivity contribution in [1.29, 1.82) is 0 Å². The third kappa shape index (κ3) is 3.24. The Balaban J connectivity index is 1.79. The van der Waals surface area contributed by atoms with Crippen molar-refractivity contribution in [3.05, 3.63) is 35.9 Å². The van der Waals surface area contributed by atoms with Crippen molar-refractivity contribution in [2.24, 2.45) is 0 Å². The van der Waals surface area contributed by atoms with Crippen LogP contribution in [0, 0.1) is 0 Å². The van der Waals surface area contributed by atoms with Crippen molar-refractivity contribution < 1.29 is 19.4 Å². The Labute approximate surface area is 136 Å². The zero-order chi connectivity index (χ0) is 16.3. The molecular formula is C18H23NO4. The van der Waals surface area contributed by atoms with E-state index in [1.54, 1.807) is 4.90 Å². The number of aliphatic carboxylic acids is 1. The molecule has 5 nitrogen and oxygen atoms in total. The highest BCUT2D eigenvalue weighted by atomic mass is 16.5. The van der Waals surface area contributed by atoms with Gasteiger partial charge >= 0.3 is 5.97 Å². The van der Waals surface area contributed by atoms with Gasteiger partial charge in [-0.3, -0.25) is 4.79 Å². The van der Waals surface area contributed by atoms with Crippen LogP contribution in [0.25, 0.3) is 0 Å². The highest BCUT2D eigenvalue weighted by molar-refractivity contribution is 5.88. The van der Waals surface area contributed by atoms with Gasteiger partial charge in [0.05, 0.1) is 12.5 Å². The van der Waals surface area contributed by atoms with E-state index in [0.717, 1.165) is 24.8 Å². The lowest BCUT2D eigenvalue weighted by atomic mass is 9.87. The fourth-order valence-corrected chi connectivity index (χ4v) is 3.77. The SMILES string of the molecule is O=C(C[C@H]1CCCO1)N1CCC[C@@]1(Cc1ccccc1)C(=O)O. The van der Waals surface area contributed by atoms with Crippen LogP contribution < -0.4 is 0 Å². The molecule has 1 N–H and O–H groups in total. The van der Waals surface area contributed by atoms with Gasteiger partial charge in [-0.25, -0.2) is 4.79 Å². The number of carboxylic acid groups (broad SMARTS) is 1. The second-order valence-electron chi connectivity index (χ2n) is 6.49. The van der Waals surface area contributed by atoms with Crippen LogP contribution in [0.4, 0.5) is 0 Å². The van der Waals surface area contributed by atoms with E-state index in [1.807, 2.05) is 30.3 Å². The fourth-order valence-electron chi connectivity index (χ4n) is 3.77. The van der Waals surface area contributed by atoms with Crippen LogP contribution in [0.3, 0.4) is 0 Å². The molecule has 2 atom stereocenters. The van der Waals surface area contributed by atoms with Gasteiger partial charge in [0.15, 0.2) is 0 Å². The molecule has 0 radical (unpaired) electrons. The molecule has 2 fully saturated rings. The predicted octanol–water partition coefficient (Wildman–Crippen LogP) is 2.24. The summed E-state index contributed by atoms with van der Waals surface area (Å²) in [6.07, 6.45) is 3.71. The Hall–Kier alpha value is -1.88. The Morgan fingerprint density at radius 3 is 2.70 bits per heavy atom. The molecule has 23 heavy (non-hydrogen) atoms. The van der Waals surface area contributed by atoms with Gasteiger partial charge in [-0.05, 0) is 31.2 Å². The monoisotopic (exact) mass is 317 g/mol. The number of benzene rings is 1. The van der Waals surface area contributed by atoms with Crippen molar-refractivity contribution in [2.45, 2.75) is 50.2 Å². The molecule has 2 saturated heterocycles. The van der Waals surface area contributed by atoms with Crippen LogP contribution in [-0.2, 0) is 20.7 Å². The van der Waals surface area contributed by atoms with Crippen molar-refractivity contribution in [3.63, 3.8) is 0 Å². The van der Waals surface area contributed by atoms with Gasteiger partial charge in [0.2, 0.25) is 5.91 Å². The van der Waals surface area contributed by atoms with Crippen molar-refractivity contribution in [3.8, 4) is 0 Å². The standard InChI is InChI=1S/C18H23NO4/c20-16(12-15-8-4-11-23-15)19-10-5-9-18(19,17(21)22)13-14-6-2-1-3-7-14/h1-3,6-7,15H,4-5,8-13H2,(H,21,22)/t15-,18-/m1/s1. The fraction of sp³-hybridized carbons (Fsp3) is 0.556. The summed E-state index contributed by atoms with van der Waals surface area (Å²) in [5, 5.41) is 9.88. The van der Waals surface area contributed by atoms with Crippen molar-refractivity contribution in [2.75, 3.05) is 13.2 Å². The highest BCUT2D eigenvalue weighted by Crippen LogP contribution is 2.34. The number of ether oxygens (including phenoxy) is 1. The molecule has 2 aliphatic heterocycles. The Morgan fingerprint density at radius 2 is 2.04 bits per heavy atom. The second-order valence-corrected chi connectivity index (χ2v) is 6.49. The van der Waals surface area contributed by atoms with E-state index >= 15 is 0 Å². The topological polar surface area (TPSA) is 66.8 Å². The zero-order valence-electron chi connectivity index (χ0n) is 13.2. The van der Waals surface area contributed by atoms with Gasteiger partial charge in [-0.1, -0.05) is 30.3 Å². The van der Waals surface area contributed by atoms with Crippen molar-refractivity contribution >= 4 is 11.9 Å². The number of nitrogens with zero attached hydrogens (tertiary/aromatic N) is 1. The van der Waals surface area contributed by atoms with Crippen LogP contribution in [0.15, 0.2) is 30.3 Å². The molecule has 3 rings (SSSR count). The minimum absolute atomic E-state index is 0.0497. The third-order valence-corrected chi connectivity index (χ3v) is 4.95. The normalized spacial score (nSPS) is 27.3. The van der Waals surface area contributed by atoms with Crippen LogP contribution in [0.2, 0.25) is 0 Å². The Kier molecular flexibility index (Phi) is 4.66. The van der Waals surface area contributed by atoms with Crippen LogP contribution in [0.5, 0.6) is 0 Å². The number of hydrogen-bond donors (Lipinski definition) is 1.